The molecule has 3 amide bonds. The van der Waals surface area contributed by atoms with E-state index in [1.807, 2.05) is 13.8 Å². The maximum atomic E-state index is 14.4. The fourth-order valence-electron chi connectivity index (χ4n) is 3.86. The molecule has 0 radical (unpaired) electrons. The summed E-state index contributed by atoms with van der Waals surface area (Å²) in [7, 11) is 3.17. The number of carbonyl (C=O) groups is 3. The molecule has 214 valence electrons. The maximum absolute atomic E-state index is 14.4. The molecule has 1 unspecified atom stereocenters. The Hall–Kier alpha value is -4.26. The van der Waals surface area contributed by atoms with Gasteiger partial charge in [0.25, 0.3) is 5.56 Å². The Bertz CT molecular complexity index is 1500. The molecule has 0 aliphatic rings. The Morgan fingerprint density at radius 1 is 1.27 bits per heavy atom. The van der Waals surface area contributed by atoms with E-state index in [1.165, 1.54) is 29.2 Å². The van der Waals surface area contributed by atoms with Crippen LogP contribution in [0.4, 0.5) is 14.9 Å². The van der Waals surface area contributed by atoms with Crippen LogP contribution in [0.1, 0.15) is 38.2 Å². The van der Waals surface area contributed by atoms with Gasteiger partial charge in [0.2, 0.25) is 11.8 Å². The van der Waals surface area contributed by atoms with E-state index in [4.69, 9.17) is 16.7 Å². The normalized spacial score (nSPS) is 12.2. The lowest BCUT2D eigenvalue weighted by atomic mass is 10.1. The standard InChI is InChI=1S/C26H31ClFN7O5/c1-14(2)11-18-23-22(15(28)12-29-18)32-20(33-23)13-35-19(27)10-9-17(25(35)38)30-24(37)16(31-26(39)40)7-5-6-8-21(36)34(3)4/h6,8-10,12,14,16,31H,5,7,11,13H2,1-4H3,(H,30,37)(H,32,33)(H,39,40)/b8-6+. The van der Waals surface area contributed by atoms with Crippen LogP contribution in [0.2, 0.25) is 5.15 Å². The molecule has 1 atom stereocenters. The third kappa shape index (κ3) is 7.65. The number of nitrogens with one attached hydrogen (secondary N) is 3. The van der Waals surface area contributed by atoms with Crippen molar-refractivity contribution >= 4 is 46.2 Å². The summed E-state index contributed by atoms with van der Waals surface area (Å²) in [5.74, 6) is -1.10. The van der Waals surface area contributed by atoms with Gasteiger partial charge in [-0.3, -0.25) is 23.9 Å². The number of fused-ring (bicyclic) bond motifs is 1. The van der Waals surface area contributed by atoms with Crippen molar-refractivity contribution in [2.24, 2.45) is 5.92 Å². The molecule has 0 fully saturated rings. The summed E-state index contributed by atoms with van der Waals surface area (Å²) in [5.41, 5.74) is 0.327. The van der Waals surface area contributed by atoms with Gasteiger partial charge in [-0.25, -0.2) is 14.2 Å². The number of nitrogens with zero attached hydrogens (tertiary/aromatic N) is 4. The van der Waals surface area contributed by atoms with Crippen molar-refractivity contribution in [2.45, 2.75) is 45.7 Å². The average Bonchev–Trinajstić information content (AvgIpc) is 3.31. The van der Waals surface area contributed by atoms with Crippen molar-refractivity contribution in [3.8, 4) is 0 Å². The highest BCUT2D eigenvalue weighted by Gasteiger charge is 2.22. The fourth-order valence-corrected chi connectivity index (χ4v) is 4.06. The van der Waals surface area contributed by atoms with Crippen LogP contribution < -0.4 is 16.2 Å². The second-order valence-corrected chi connectivity index (χ2v) is 10.1. The van der Waals surface area contributed by atoms with E-state index < -0.39 is 29.4 Å². The second-order valence-electron chi connectivity index (χ2n) is 9.72. The van der Waals surface area contributed by atoms with E-state index in [9.17, 15) is 23.6 Å². The predicted octanol–water partition coefficient (Wildman–Crippen LogP) is 3.16. The second kappa shape index (κ2) is 13.2. The SMILES string of the molecule is CC(C)Cc1ncc(F)c2[nH]c(Cn3c(Cl)ccc(NC(=O)C(CC/C=C/C(=O)N(C)C)NC(=O)O)c3=O)nc12. The fraction of sp³-hybridized carbons (Fsp3) is 0.385. The minimum atomic E-state index is -1.43. The Kier molecular flexibility index (Phi) is 9.99. The zero-order chi connectivity index (χ0) is 29.6. The smallest absolute Gasteiger partial charge is 0.405 e. The van der Waals surface area contributed by atoms with Gasteiger partial charge in [0, 0.05) is 14.1 Å². The lowest BCUT2D eigenvalue weighted by molar-refractivity contribution is -0.123. The van der Waals surface area contributed by atoms with Crippen LogP contribution in [0.3, 0.4) is 0 Å². The van der Waals surface area contributed by atoms with E-state index in [1.54, 1.807) is 14.1 Å². The molecule has 3 heterocycles. The number of pyridine rings is 2. The number of hydrogen-bond acceptors (Lipinski definition) is 6. The lowest BCUT2D eigenvalue weighted by Crippen LogP contribution is -2.44. The van der Waals surface area contributed by atoms with Crippen molar-refractivity contribution < 1.29 is 23.9 Å². The Morgan fingerprint density at radius 3 is 2.65 bits per heavy atom. The molecule has 0 aromatic carbocycles. The molecular formula is C26H31ClFN7O5. The topological polar surface area (TPSA) is 162 Å². The van der Waals surface area contributed by atoms with Crippen molar-refractivity contribution in [1.82, 2.24) is 29.7 Å². The summed E-state index contributed by atoms with van der Waals surface area (Å²) in [4.78, 5) is 61.9. The number of likely N-dealkylation sites (N-methyl/N-ethyl adjacent to an activating group) is 1. The van der Waals surface area contributed by atoms with Crippen LogP contribution in [0.15, 0.2) is 35.3 Å². The van der Waals surface area contributed by atoms with Crippen LogP contribution in [-0.2, 0) is 22.6 Å². The highest BCUT2D eigenvalue weighted by molar-refractivity contribution is 6.29. The lowest BCUT2D eigenvalue weighted by Gasteiger charge is -2.17. The molecule has 12 nitrogen and oxygen atoms in total. The van der Waals surface area contributed by atoms with Crippen molar-refractivity contribution in [3.05, 3.63) is 63.3 Å². The van der Waals surface area contributed by atoms with Gasteiger partial charge in [0.05, 0.1) is 18.4 Å². The molecule has 0 spiro atoms. The van der Waals surface area contributed by atoms with Gasteiger partial charge in [-0.05, 0) is 43.4 Å². The molecule has 0 saturated heterocycles. The first-order valence-corrected chi connectivity index (χ1v) is 12.8. The summed E-state index contributed by atoms with van der Waals surface area (Å²) in [6, 6.07) is 1.49. The van der Waals surface area contributed by atoms with E-state index in [0.29, 0.717) is 17.6 Å². The Labute approximate surface area is 234 Å². The molecule has 0 bridgehead atoms. The van der Waals surface area contributed by atoms with Crippen LogP contribution in [0, 0.1) is 11.7 Å². The number of aromatic nitrogens is 4. The van der Waals surface area contributed by atoms with Gasteiger partial charge in [0.1, 0.15) is 33.7 Å². The first-order valence-electron chi connectivity index (χ1n) is 12.5. The number of halogens is 2. The largest absolute Gasteiger partial charge is 0.465 e. The summed E-state index contributed by atoms with van der Waals surface area (Å²) in [6.07, 6.45) is 3.38. The minimum Gasteiger partial charge on any atom is -0.465 e. The highest BCUT2D eigenvalue weighted by atomic mass is 35.5. The number of aromatic amines is 1. The molecule has 0 aliphatic carbocycles. The summed E-state index contributed by atoms with van der Waals surface area (Å²) < 4.78 is 15.6. The third-order valence-electron chi connectivity index (χ3n) is 5.82. The third-order valence-corrected chi connectivity index (χ3v) is 6.15. The zero-order valence-corrected chi connectivity index (χ0v) is 23.3. The molecule has 14 heteroatoms. The molecular weight excluding hydrogens is 545 g/mol. The van der Waals surface area contributed by atoms with Crippen LogP contribution in [-0.4, -0.2) is 67.6 Å². The predicted molar refractivity (Wildman–Crippen MR) is 148 cm³/mol. The van der Waals surface area contributed by atoms with Crippen molar-refractivity contribution in [1.29, 1.82) is 0 Å². The van der Waals surface area contributed by atoms with E-state index >= 15 is 0 Å². The summed E-state index contributed by atoms with van der Waals surface area (Å²) in [6.45, 7) is 3.85. The van der Waals surface area contributed by atoms with E-state index in [0.717, 1.165) is 10.8 Å². The molecule has 4 N–H and O–H groups in total. The number of hydrogen-bond donors (Lipinski definition) is 4. The van der Waals surface area contributed by atoms with Gasteiger partial charge < -0.3 is 25.6 Å². The highest BCUT2D eigenvalue weighted by Crippen LogP contribution is 2.21. The van der Waals surface area contributed by atoms with Crippen LogP contribution in [0.5, 0.6) is 0 Å². The number of anilines is 1. The first kappa shape index (κ1) is 30.3. The van der Waals surface area contributed by atoms with E-state index in [2.05, 4.69) is 25.6 Å². The van der Waals surface area contributed by atoms with Gasteiger partial charge in [0.15, 0.2) is 5.82 Å². The average molecular weight is 576 g/mol. The van der Waals surface area contributed by atoms with Crippen LogP contribution >= 0.6 is 11.6 Å². The quantitative estimate of drug-likeness (QED) is 0.201. The summed E-state index contributed by atoms with van der Waals surface area (Å²) in [5, 5.41) is 13.8. The minimum absolute atomic E-state index is 0.0361. The molecule has 3 aromatic rings. The number of carbonyl (C=O) groups excluding carboxylic acids is 2. The molecule has 0 saturated carbocycles. The van der Waals surface area contributed by atoms with Gasteiger partial charge >= 0.3 is 6.09 Å². The van der Waals surface area contributed by atoms with Gasteiger partial charge in [-0.1, -0.05) is 31.5 Å². The Morgan fingerprint density at radius 2 is 2.00 bits per heavy atom. The maximum Gasteiger partial charge on any atom is 0.405 e. The van der Waals surface area contributed by atoms with Crippen molar-refractivity contribution in [3.63, 3.8) is 0 Å². The number of carboxylic acid groups (broad SMARTS) is 1. The monoisotopic (exact) mass is 575 g/mol. The zero-order valence-electron chi connectivity index (χ0n) is 22.5. The molecule has 3 rings (SSSR count). The van der Waals surface area contributed by atoms with Gasteiger partial charge in [-0.2, -0.15) is 0 Å². The van der Waals surface area contributed by atoms with E-state index in [-0.39, 0.29) is 53.4 Å². The number of imidazole rings is 1. The van der Waals surface area contributed by atoms with Crippen LogP contribution in [0.25, 0.3) is 11.0 Å². The van der Waals surface area contributed by atoms with Gasteiger partial charge in [-0.15, -0.1) is 0 Å². The summed E-state index contributed by atoms with van der Waals surface area (Å²) >= 11 is 6.28. The Balaban J connectivity index is 1.82. The number of amides is 3. The number of H-pyrrole nitrogens is 1. The number of rotatable bonds is 11. The molecule has 0 aliphatic heterocycles. The number of allylic oxidation sites excluding steroid dienone is 1. The first-order chi connectivity index (χ1) is 18.9. The molecule has 40 heavy (non-hydrogen) atoms. The molecule has 3 aromatic heterocycles. The van der Waals surface area contributed by atoms with Crippen molar-refractivity contribution in [2.75, 3.05) is 19.4 Å².